The monoisotopic (exact) mass is 301 g/mol. The Kier molecular flexibility index (Phi) is 5.10. The van der Waals surface area contributed by atoms with E-state index in [1.165, 1.54) is 6.20 Å². The summed E-state index contributed by atoms with van der Waals surface area (Å²) in [5.41, 5.74) is -0.408. The Balaban J connectivity index is 0.00000196. The summed E-state index contributed by atoms with van der Waals surface area (Å²) in [4.78, 5) is 13.7. The molecular formula is C8H7BrClF2NO2. The molecule has 0 aliphatic heterocycles. The number of carboxylic acid groups (broad SMARTS) is 1. The van der Waals surface area contributed by atoms with Gasteiger partial charge in [-0.05, 0) is 22.0 Å². The topological polar surface area (TPSA) is 50.2 Å². The first-order valence-electron chi connectivity index (χ1n) is 3.62. The van der Waals surface area contributed by atoms with Gasteiger partial charge in [0.15, 0.2) is 0 Å². The molecule has 1 aromatic heterocycles. The minimum absolute atomic E-state index is 0. The summed E-state index contributed by atoms with van der Waals surface area (Å²) in [6, 6.07) is 1.15. The fraction of sp³-hybridized carbons (Fsp3) is 0.250. The number of hydrogen-bond donors (Lipinski definition) is 1. The summed E-state index contributed by atoms with van der Waals surface area (Å²) in [5, 5.41) is 8.27. The lowest BCUT2D eigenvalue weighted by Crippen LogP contribution is -2.18. The first-order chi connectivity index (χ1) is 6.42. The van der Waals surface area contributed by atoms with E-state index < -0.39 is 23.9 Å². The molecule has 0 unspecified atom stereocenters. The number of carbonyl (C=O) groups is 1. The molecule has 0 aromatic carbocycles. The molecule has 7 heteroatoms. The minimum atomic E-state index is -3.39. The van der Waals surface area contributed by atoms with Crippen LogP contribution in [0.1, 0.15) is 12.0 Å². The number of nitrogens with zero attached hydrogens (tertiary/aromatic N) is 1. The second-order valence-corrected chi connectivity index (χ2v) is 3.58. The van der Waals surface area contributed by atoms with E-state index in [0.717, 1.165) is 12.3 Å². The van der Waals surface area contributed by atoms with Crippen LogP contribution in [0.25, 0.3) is 0 Å². The Morgan fingerprint density at radius 3 is 2.60 bits per heavy atom. The molecule has 0 spiro atoms. The van der Waals surface area contributed by atoms with Crippen LogP contribution in [0, 0.1) is 0 Å². The van der Waals surface area contributed by atoms with Crippen molar-refractivity contribution in [2.75, 3.05) is 0 Å². The Hall–Kier alpha value is -0.750. The van der Waals surface area contributed by atoms with Gasteiger partial charge in [0.1, 0.15) is 6.42 Å². The molecule has 1 N–H and O–H groups in total. The van der Waals surface area contributed by atoms with E-state index in [4.69, 9.17) is 5.11 Å². The summed E-state index contributed by atoms with van der Waals surface area (Å²) in [7, 11) is 0. The zero-order chi connectivity index (χ0) is 10.8. The fourth-order valence-corrected chi connectivity index (χ4v) is 1.27. The van der Waals surface area contributed by atoms with Crippen LogP contribution in [-0.4, -0.2) is 16.1 Å². The van der Waals surface area contributed by atoms with Gasteiger partial charge < -0.3 is 5.11 Å². The average Bonchev–Trinajstić information content (AvgIpc) is 2.01. The molecule has 0 bridgehead atoms. The van der Waals surface area contributed by atoms with E-state index in [2.05, 4.69) is 20.9 Å². The lowest BCUT2D eigenvalue weighted by Gasteiger charge is -2.13. The van der Waals surface area contributed by atoms with Crippen LogP contribution in [-0.2, 0) is 10.7 Å². The van der Waals surface area contributed by atoms with Gasteiger partial charge in [-0.1, -0.05) is 0 Å². The summed E-state index contributed by atoms with van der Waals surface area (Å²) in [6.07, 6.45) is 1.07. The molecule has 1 aromatic rings. The number of rotatable bonds is 3. The molecule has 0 aliphatic carbocycles. The maximum atomic E-state index is 13.1. The van der Waals surface area contributed by atoms with E-state index >= 15 is 0 Å². The Bertz CT molecular complexity index is 362. The number of aromatic nitrogens is 1. The summed E-state index contributed by atoms with van der Waals surface area (Å²) < 4.78 is 26.7. The highest BCUT2D eigenvalue weighted by Gasteiger charge is 2.35. The second-order valence-electron chi connectivity index (χ2n) is 2.67. The van der Waals surface area contributed by atoms with Crippen molar-refractivity contribution in [1.29, 1.82) is 0 Å². The molecule has 0 aliphatic rings. The molecule has 0 fully saturated rings. The van der Waals surface area contributed by atoms with Crippen LogP contribution in [0.4, 0.5) is 8.78 Å². The van der Waals surface area contributed by atoms with Crippen LogP contribution in [0.3, 0.4) is 0 Å². The number of halogens is 4. The maximum Gasteiger partial charge on any atom is 0.309 e. The zero-order valence-corrected chi connectivity index (χ0v) is 9.69. The van der Waals surface area contributed by atoms with Crippen molar-refractivity contribution in [2.24, 2.45) is 0 Å². The van der Waals surface area contributed by atoms with E-state index in [1.54, 1.807) is 0 Å². The number of alkyl halides is 2. The predicted octanol–water partition coefficient (Wildman–Crippen LogP) is 2.83. The van der Waals surface area contributed by atoms with Gasteiger partial charge in [-0.15, -0.1) is 12.4 Å². The van der Waals surface area contributed by atoms with Crippen LogP contribution in [0.15, 0.2) is 22.9 Å². The third-order valence-electron chi connectivity index (χ3n) is 1.50. The standard InChI is InChI=1S/C8H6BrF2NO2.ClH/c9-6-1-5(3-12-4-6)8(10,11)2-7(13)14;/h1,3-4H,2H2,(H,13,14);1H. The Morgan fingerprint density at radius 2 is 2.13 bits per heavy atom. The molecule has 1 rings (SSSR count). The average molecular weight is 303 g/mol. The van der Waals surface area contributed by atoms with Crippen LogP contribution < -0.4 is 0 Å². The van der Waals surface area contributed by atoms with Crippen molar-refractivity contribution in [3.05, 3.63) is 28.5 Å². The van der Waals surface area contributed by atoms with Crippen molar-refractivity contribution in [2.45, 2.75) is 12.3 Å². The normalized spacial score (nSPS) is 10.6. The molecule has 0 saturated carbocycles. The minimum Gasteiger partial charge on any atom is -0.481 e. The third-order valence-corrected chi connectivity index (χ3v) is 1.93. The SMILES string of the molecule is Cl.O=C(O)CC(F)(F)c1cncc(Br)c1. The van der Waals surface area contributed by atoms with Crippen LogP contribution >= 0.6 is 28.3 Å². The fourth-order valence-electron chi connectivity index (χ4n) is 0.904. The zero-order valence-electron chi connectivity index (χ0n) is 7.28. The first-order valence-corrected chi connectivity index (χ1v) is 4.42. The van der Waals surface area contributed by atoms with Gasteiger partial charge >= 0.3 is 5.97 Å². The summed E-state index contributed by atoms with van der Waals surface area (Å²) >= 11 is 2.98. The number of hydrogen-bond acceptors (Lipinski definition) is 2. The lowest BCUT2D eigenvalue weighted by atomic mass is 10.1. The van der Waals surface area contributed by atoms with Gasteiger partial charge in [0.2, 0.25) is 0 Å². The molecule has 84 valence electrons. The van der Waals surface area contributed by atoms with Crippen molar-refractivity contribution in [3.8, 4) is 0 Å². The van der Waals surface area contributed by atoms with Gasteiger partial charge in [0, 0.05) is 22.4 Å². The lowest BCUT2D eigenvalue weighted by molar-refractivity contribution is -0.145. The second kappa shape index (κ2) is 5.37. The van der Waals surface area contributed by atoms with E-state index in [-0.39, 0.29) is 12.4 Å². The number of pyridine rings is 1. The van der Waals surface area contributed by atoms with Crippen molar-refractivity contribution in [1.82, 2.24) is 4.98 Å². The molecule has 0 atom stereocenters. The Labute approximate surface area is 99.1 Å². The van der Waals surface area contributed by atoms with Crippen molar-refractivity contribution in [3.63, 3.8) is 0 Å². The molecule has 15 heavy (non-hydrogen) atoms. The van der Waals surface area contributed by atoms with Crippen LogP contribution in [0.2, 0.25) is 0 Å². The maximum absolute atomic E-state index is 13.1. The molecule has 0 radical (unpaired) electrons. The van der Waals surface area contributed by atoms with Crippen molar-refractivity contribution < 1.29 is 18.7 Å². The van der Waals surface area contributed by atoms with E-state index in [0.29, 0.717) is 4.47 Å². The summed E-state index contributed by atoms with van der Waals surface area (Å²) in [5.74, 6) is -4.93. The molecule has 0 saturated heterocycles. The van der Waals surface area contributed by atoms with E-state index in [1.807, 2.05) is 0 Å². The highest BCUT2D eigenvalue weighted by atomic mass is 79.9. The van der Waals surface area contributed by atoms with Crippen LogP contribution in [0.5, 0.6) is 0 Å². The molecule has 3 nitrogen and oxygen atoms in total. The third kappa shape index (κ3) is 4.09. The van der Waals surface area contributed by atoms with Gasteiger partial charge in [0.05, 0.1) is 0 Å². The van der Waals surface area contributed by atoms with Crippen molar-refractivity contribution >= 4 is 34.3 Å². The predicted molar refractivity (Wildman–Crippen MR) is 55.3 cm³/mol. The highest BCUT2D eigenvalue weighted by Crippen LogP contribution is 2.32. The largest absolute Gasteiger partial charge is 0.481 e. The van der Waals surface area contributed by atoms with Gasteiger partial charge in [-0.25, -0.2) is 8.78 Å². The quantitative estimate of drug-likeness (QED) is 0.934. The van der Waals surface area contributed by atoms with Gasteiger partial charge in [0.25, 0.3) is 5.92 Å². The Morgan fingerprint density at radius 1 is 1.53 bits per heavy atom. The molecular weight excluding hydrogens is 295 g/mol. The molecule has 1 heterocycles. The molecule has 0 amide bonds. The number of carboxylic acids is 1. The van der Waals surface area contributed by atoms with Gasteiger partial charge in [-0.3, -0.25) is 9.78 Å². The highest BCUT2D eigenvalue weighted by molar-refractivity contribution is 9.10. The first kappa shape index (κ1) is 14.2. The summed E-state index contributed by atoms with van der Waals surface area (Å²) in [6.45, 7) is 0. The smallest absolute Gasteiger partial charge is 0.309 e. The van der Waals surface area contributed by atoms with E-state index in [9.17, 15) is 13.6 Å². The number of aliphatic carboxylic acids is 1. The van der Waals surface area contributed by atoms with Gasteiger partial charge in [-0.2, -0.15) is 0 Å².